The fourth-order valence-electron chi connectivity index (χ4n) is 6.80. The highest BCUT2D eigenvalue weighted by atomic mass is 19.3. The summed E-state index contributed by atoms with van der Waals surface area (Å²) in [7, 11) is 0. The number of halogens is 3. The molecular formula is C33H45F3O. The summed E-state index contributed by atoms with van der Waals surface area (Å²) in [6.45, 7) is 6.07. The molecule has 0 heterocycles. The lowest BCUT2D eigenvalue weighted by Gasteiger charge is -2.29. The van der Waals surface area contributed by atoms with Crippen LogP contribution in [-0.4, -0.2) is 0 Å². The van der Waals surface area contributed by atoms with Gasteiger partial charge >= 0.3 is 6.11 Å². The summed E-state index contributed by atoms with van der Waals surface area (Å²) in [6, 6.07) is 12.1. The summed E-state index contributed by atoms with van der Waals surface area (Å²) in [5, 5.41) is 0. The number of ether oxygens (including phenoxy) is 1. The smallest absolute Gasteiger partial charge is 0.309 e. The Labute approximate surface area is 222 Å². The summed E-state index contributed by atoms with van der Waals surface area (Å²) in [5.74, 6) is 1.53. The second-order valence-corrected chi connectivity index (χ2v) is 11.7. The molecule has 1 atom stereocenters. The molecule has 2 aromatic carbocycles. The molecule has 2 aromatic rings. The largest absolute Gasteiger partial charge is 0.386 e. The Morgan fingerprint density at radius 3 is 1.73 bits per heavy atom. The molecule has 1 unspecified atom stereocenters. The van der Waals surface area contributed by atoms with Crippen LogP contribution >= 0.6 is 0 Å². The van der Waals surface area contributed by atoms with Crippen LogP contribution in [0.5, 0.6) is 0 Å². The van der Waals surface area contributed by atoms with Gasteiger partial charge in [0.1, 0.15) is 5.82 Å². The van der Waals surface area contributed by atoms with Crippen LogP contribution in [0.1, 0.15) is 138 Å². The number of hydrogen-bond acceptors (Lipinski definition) is 1. The zero-order valence-corrected chi connectivity index (χ0v) is 23.0. The molecule has 0 saturated heterocycles. The molecule has 1 nitrogen and oxygen atoms in total. The van der Waals surface area contributed by atoms with E-state index in [1.165, 1.54) is 69.1 Å². The van der Waals surface area contributed by atoms with E-state index >= 15 is 8.78 Å². The minimum Gasteiger partial charge on any atom is -0.309 e. The minimum atomic E-state index is -3.70. The van der Waals surface area contributed by atoms with E-state index in [-0.39, 0.29) is 5.92 Å². The average Bonchev–Trinajstić information content (AvgIpc) is 2.89. The molecule has 4 rings (SSSR count). The van der Waals surface area contributed by atoms with E-state index in [0.29, 0.717) is 11.5 Å². The van der Waals surface area contributed by atoms with Crippen LogP contribution in [0.3, 0.4) is 0 Å². The average molecular weight is 515 g/mol. The van der Waals surface area contributed by atoms with E-state index < -0.39 is 23.6 Å². The Morgan fingerprint density at radius 1 is 0.757 bits per heavy atom. The highest BCUT2D eigenvalue weighted by molar-refractivity contribution is 5.30. The maximum Gasteiger partial charge on any atom is 0.386 e. The van der Waals surface area contributed by atoms with Crippen LogP contribution in [0.15, 0.2) is 42.5 Å². The van der Waals surface area contributed by atoms with Crippen LogP contribution in [0.2, 0.25) is 0 Å². The topological polar surface area (TPSA) is 9.23 Å². The van der Waals surface area contributed by atoms with Crippen LogP contribution in [0.4, 0.5) is 13.2 Å². The number of hydrogen-bond donors (Lipinski definition) is 0. The molecule has 0 spiro atoms. The van der Waals surface area contributed by atoms with Gasteiger partial charge in [0.2, 0.25) is 0 Å². The van der Waals surface area contributed by atoms with E-state index in [9.17, 15) is 4.39 Å². The van der Waals surface area contributed by atoms with Gasteiger partial charge in [0.05, 0.1) is 11.7 Å². The lowest BCUT2D eigenvalue weighted by molar-refractivity contribution is -0.273. The maximum atomic E-state index is 15.1. The molecule has 37 heavy (non-hydrogen) atoms. The molecule has 4 heteroatoms. The van der Waals surface area contributed by atoms with Crippen LogP contribution < -0.4 is 0 Å². The van der Waals surface area contributed by atoms with Crippen molar-refractivity contribution in [2.24, 2.45) is 11.8 Å². The third-order valence-corrected chi connectivity index (χ3v) is 9.07. The summed E-state index contributed by atoms with van der Waals surface area (Å²) in [4.78, 5) is 0. The zero-order valence-electron chi connectivity index (χ0n) is 23.0. The summed E-state index contributed by atoms with van der Waals surface area (Å²) in [6.07, 6.45) is 9.68. The molecule has 0 N–H and O–H groups in total. The number of alkyl halides is 2. The van der Waals surface area contributed by atoms with E-state index in [4.69, 9.17) is 4.74 Å². The SMILES string of the molecule is CCCC1CCC(c2ccc(C(C)OC(F)(F)c3ccc(C4CCC(CCC)CC4)cc3F)cc2)CC1. The Morgan fingerprint density at radius 2 is 1.24 bits per heavy atom. The summed E-state index contributed by atoms with van der Waals surface area (Å²) < 4.78 is 50.2. The van der Waals surface area contributed by atoms with E-state index in [1.807, 2.05) is 12.1 Å². The first-order valence-corrected chi connectivity index (χ1v) is 14.8. The van der Waals surface area contributed by atoms with Crippen molar-refractivity contribution in [2.45, 2.75) is 122 Å². The monoisotopic (exact) mass is 514 g/mol. The predicted molar refractivity (Wildman–Crippen MR) is 145 cm³/mol. The van der Waals surface area contributed by atoms with Gasteiger partial charge in [-0.25, -0.2) is 4.39 Å². The molecule has 0 amide bonds. The molecule has 0 bridgehead atoms. The first-order valence-electron chi connectivity index (χ1n) is 14.8. The van der Waals surface area contributed by atoms with Crippen LogP contribution in [0.25, 0.3) is 0 Å². The standard InChI is InChI=1S/C33H45F3O/c1-4-6-24-8-12-27(13-9-24)28-18-16-26(17-19-28)23(3)37-33(35,36)31-21-20-30(22-32(31)34)29-14-10-25(7-5-2)11-15-29/h16-25,27,29H,4-15H2,1-3H3. The highest BCUT2D eigenvalue weighted by Crippen LogP contribution is 2.42. The summed E-state index contributed by atoms with van der Waals surface area (Å²) >= 11 is 0. The van der Waals surface area contributed by atoms with Gasteiger partial charge in [-0.05, 0) is 111 Å². The summed E-state index contributed by atoms with van der Waals surface area (Å²) in [5.41, 5.74) is 2.12. The van der Waals surface area contributed by atoms with Crippen molar-refractivity contribution >= 4 is 0 Å². The Balaban J connectivity index is 1.35. The van der Waals surface area contributed by atoms with Gasteiger partial charge in [-0.15, -0.1) is 0 Å². The molecular weight excluding hydrogens is 469 g/mol. The lowest BCUT2D eigenvalue weighted by atomic mass is 9.77. The van der Waals surface area contributed by atoms with Gasteiger partial charge in [0.25, 0.3) is 0 Å². The molecule has 0 radical (unpaired) electrons. The third kappa shape index (κ3) is 7.19. The predicted octanol–water partition coefficient (Wildman–Crippen LogP) is 10.8. The maximum absolute atomic E-state index is 15.1. The Kier molecular flexibility index (Phi) is 9.78. The Hall–Kier alpha value is -1.81. The van der Waals surface area contributed by atoms with Crippen molar-refractivity contribution in [1.82, 2.24) is 0 Å². The second kappa shape index (κ2) is 12.8. The quantitative estimate of drug-likeness (QED) is 0.306. The fourth-order valence-corrected chi connectivity index (χ4v) is 6.80. The van der Waals surface area contributed by atoms with Gasteiger partial charge in [0, 0.05) is 0 Å². The van der Waals surface area contributed by atoms with Crippen molar-refractivity contribution in [3.8, 4) is 0 Å². The number of benzene rings is 2. The lowest BCUT2D eigenvalue weighted by Crippen LogP contribution is -2.22. The molecule has 2 aliphatic carbocycles. The molecule has 0 aliphatic heterocycles. The Bertz CT molecular complexity index is 970. The molecule has 2 aliphatic rings. The molecule has 0 aromatic heterocycles. The first kappa shape index (κ1) is 28.2. The zero-order chi connectivity index (χ0) is 26.4. The fraction of sp³-hybridized carbons (Fsp3) is 0.636. The first-order chi connectivity index (χ1) is 17.8. The van der Waals surface area contributed by atoms with E-state index in [0.717, 1.165) is 43.1 Å². The van der Waals surface area contributed by atoms with Gasteiger partial charge in [0.15, 0.2) is 0 Å². The van der Waals surface area contributed by atoms with Crippen molar-refractivity contribution in [1.29, 1.82) is 0 Å². The van der Waals surface area contributed by atoms with Crippen molar-refractivity contribution < 1.29 is 17.9 Å². The van der Waals surface area contributed by atoms with E-state index in [2.05, 4.69) is 26.0 Å². The molecule has 204 valence electrons. The highest BCUT2D eigenvalue weighted by Gasteiger charge is 2.38. The van der Waals surface area contributed by atoms with Gasteiger partial charge in [-0.2, -0.15) is 8.78 Å². The van der Waals surface area contributed by atoms with Gasteiger partial charge in [-0.1, -0.05) is 69.9 Å². The van der Waals surface area contributed by atoms with Crippen molar-refractivity contribution in [3.63, 3.8) is 0 Å². The molecule has 2 fully saturated rings. The number of rotatable bonds is 10. The van der Waals surface area contributed by atoms with Crippen LogP contribution in [0, 0.1) is 17.7 Å². The van der Waals surface area contributed by atoms with Crippen molar-refractivity contribution in [2.75, 3.05) is 0 Å². The minimum absolute atomic E-state index is 0.255. The third-order valence-electron chi connectivity index (χ3n) is 9.07. The van der Waals surface area contributed by atoms with E-state index in [1.54, 1.807) is 13.0 Å². The van der Waals surface area contributed by atoms with Gasteiger partial charge < -0.3 is 4.74 Å². The van der Waals surface area contributed by atoms with Crippen LogP contribution in [-0.2, 0) is 10.8 Å². The van der Waals surface area contributed by atoms with Crippen molar-refractivity contribution in [3.05, 3.63) is 70.5 Å². The second-order valence-electron chi connectivity index (χ2n) is 11.7. The van der Waals surface area contributed by atoms with Gasteiger partial charge in [-0.3, -0.25) is 0 Å². The molecule has 2 saturated carbocycles. The normalized spacial score (nSPS) is 25.7.